The molecule has 0 radical (unpaired) electrons. The van der Waals surface area contributed by atoms with Gasteiger partial charge in [-0.3, -0.25) is 0 Å². The van der Waals surface area contributed by atoms with Gasteiger partial charge in [0, 0.05) is 5.41 Å². The molecule has 1 saturated carbocycles. The van der Waals surface area contributed by atoms with Crippen molar-refractivity contribution >= 4 is 0 Å². The first-order chi connectivity index (χ1) is 9.19. The van der Waals surface area contributed by atoms with Crippen LogP contribution in [0.25, 0.3) is 0 Å². The largest absolute Gasteiger partial charge is 0.103 e. The second-order valence-corrected chi connectivity index (χ2v) is 6.37. The molecule has 19 heavy (non-hydrogen) atoms. The van der Waals surface area contributed by atoms with Crippen molar-refractivity contribution in [3.05, 3.63) is 59.7 Å². The first kappa shape index (κ1) is 12.7. The van der Waals surface area contributed by atoms with E-state index in [1.54, 1.807) is 11.1 Å². The van der Waals surface area contributed by atoms with Crippen LogP contribution >= 0.6 is 0 Å². The number of allylic oxidation sites excluding steroid dienone is 3. The van der Waals surface area contributed by atoms with Gasteiger partial charge in [-0.25, -0.2) is 0 Å². The van der Waals surface area contributed by atoms with Gasteiger partial charge in [0.1, 0.15) is 0 Å². The van der Waals surface area contributed by atoms with Crippen LogP contribution in [0.2, 0.25) is 0 Å². The van der Waals surface area contributed by atoms with Crippen LogP contribution in [0.5, 0.6) is 0 Å². The molecular weight excluding hydrogens is 228 g/mol. The molecular formula is C19H24. The summed E-state index contributed by atoms with van der Waals surface area (Å²) in [6.07, 6.45) is 7.30. The molecule has 3 atom stereocenters. The van der Waals surface area contributed by atoms with Crippen LogP contribution in [0.4, 0.5) is 0 Å². The normalized spacial score (nSPS) is 33.6. The van der Waals surface area contributed by atoms with E-state index in [0.717, 1.165) is 18.3 Å². The van der Waals surface area contributed by atoms with Gasteiger partial charge in [-0.2, -0.15) is 0 Å². The zero-order valence-electron chi connectivity index (χ0n) is 12.2. The molecule has 0 aliphatic heterocycles. The van der Waals surface area contributed by atoms with Gasteiger partial charge in [0.25, 0.3) is 0 Å². The van der Waals surface area contributed by atoms with Crippen molar-refractivity contribution in [2.24, 2.45) is 11.8 Å². The van der Waals surface area contributed by atoms with Crippen molar-refractivity contribution in [1.29, 1.82) is 0 Å². The summed E-state index contributed by atoms with van der Waals surface area (Å²) in [5.41, 5.74) is 5.04. The van der Waals surface area contributed by atoms with Crippen LogP contribution in [-0.2, 0) is 5.41 Å². The van der Waals surface area contributed by atoms with Crippen LogP contribution in [0.3, 0.4) is 0 Å². The molecule has 0 spiro atoms. The molecule has 0 heterocycles. The number of hydrogen-bond acceptors (Lipinski definition) is 0. The van der Waals surface area contributed by atoms with Gasteiger partial charge >= 0.3 is 0 Å². The van der Waals surface area contributed by atoms with Crippen molar-refractivity contribution in [2.45, 2.75) is 44.9 Å². The zero-order valence-corrected chi connectivity index (χ0v) is 12.2. The molecule has 2 aliphatic carbocycles. The quantitative estimate of drug-likeness (QED) is 0.643. The highest BCUT2D eigenvalue weighted by Gasteiger charge is 2.51. The monoisotopic (exact) mass is 252 g/mol. The summed E-state index contributed by atoms with van der Waals surface area (Å²) < 4.78 is 0. The predicted molar refractivity (Wildman–Crippen MR) is 82.1 cm³/mol. The average molecular weight is 252 g/mol. The molecule has 0 N–H and O–H groups in total. The fraction of sp³-hybridized carbons (Fsp3) is 0.474. The van der Waals surface area contributed by atoms with E-state index in [1.165, 1.54) is 24.8 Å². The minimum atomic E-state index is 0.237. The van der Waals surface area contributed by atoms with Crippen molar-refractivity contribution in [2.75, 3.05) is 0 Å². The Morgan fingerprint density at radius 3 is 2.68 bits per heavy atom. The third-order valence-corrected chi connectivity index (χ3v) is 5.64. The van der Waals surface area contributed by atoms with E-state index in [9.17, 15) is 0 Å². The van der Waals surface area contributed by atoms with Gasteiger partial charge in [0.15, 0.2) is 0 Å². The summed E-state index contributed by atoms with van der Waals surface area (Å²) in [5.74, 6) is 1.63. The molecule has 3 rings (SSSR count). The highest BCUT2D eigenvalue weighted by atomic mass is 14.5. The van der Waals surface area contributed by atoms with Crippen LogP contribution < -0.4 is 0 Å². The minimum Gasteiger partial charge on any atom is -0.103 e. The summed E-state index contributed by atoms with van der Waals surface area (Å²) in [5, 5.41) is 0. The molecule has 1 aromatic rings. The SMILES string of the molecule is C=CCC1=C(C)[C@@H]2CCC[C@@H]2[C@]1(C)c1ccccc1. The molecule has 0 amide bonds. The van der Waals surface area contributed by atoms with Crippen LogP contribution in [-0.4, -0.2) is 0 Å². The summed E-state index contributed by atoms with van der Waals surface area (Å²) >= 11 is 0. The Hall–Kier alpha value is -1.30. The van der Waals surface area contributed by atoms with Gasteiger partial charge in [0.05, 0.1) is 0 Å². The first-order valence-electron chi connectivity index (χ1n) is 7.56. The summed E-state index contributed by atoms with van der Waals surface area (Å²) in [4.78, 5) is 0. The van der Waals surface area contributed by atoms with Crippen LogP contribution in [0, 0.1) is 11.8 Å². The van der Waals surface area contributed by atoms with E-state index < -0.39 is 0 Å². The second kappa shape index (κ2) is 4.67. The molecule has 0 nitrogen and oxygen atoms in total. The lowest BCUT2D eigenvalue weighted by Gasteiger charge is -2.35. The molecule has 0 aromatic heterocycles. The topological polar surface area (TPSA) is 0 Å². The van der Waals surface area contributed by atoms with Gasteiger partial charge in [-0.1, -0.05) is 60.9 Å². The summed E-state index contributed by atoms with van der Waals surface area (Å²) in [6.45, 7) is 8.82. The average Bonchev–Trinajstić information content (AvgIpc) is 3.00. The number of hydrogen-bond donors (Lipinski definition) is 0. The van der Waals surface area contributed by atoms with E-state index in [4.69, 9.17) is 0 Å². The Kier molecular flexibility index (Phi) is 3.12. The van der Waals surface area contributed by atoms with Crippen LogP contribution in [0.1, 0.15) is 45.1 Å². The van der Waals surface area contributed by atoms with Crippen LogP contribution in [0.15, 0.2) is 54.1 Å². The second-order valence-electron chi connectivity index (χ2n) is 6.37. The van der Waals surface area contributed by atoms with Gasteiger partial charge in [-0.05, 0) is 43.6 Å². The maximum Gasteiger partial charge on any atom is 0.0173 e. The highest BCUT2D eigenvalue weighted by Crippen LogP contribution is 2.59. The molecule has 100 valence electrons. The Morgan fingerprint density at radius 1 is 1.26 bits per heavy atom. The van der Waals surface area contributed by atoms with Crippen molar-refractivity contribution in [1.82, 2.24) is 0 Å². The van der Waals surface area contributed by atoms with E-state index in [2.05, 4.69) is 56.8 Å². The van der Waals surface area contributed by atoms with E-state index >= 15 is 0 Å². The number of rotatable bonds is 3. The fourth-order valence-corrected chi connectivity index (χ4v) is 4.72. The van der Waals surface area contributed by atoms with Crippen molar-refractivity contribution < 1.29 is 0 Å². The number of fused-ring (bicyclic) bond motifs is 1. The molecule has 0 unspecified atom stereocenters. The summed E-state index contributed by atoms with van der Waals surface area (Å²) in [7, 11) is 0. The highest BCUT2D eigenvalue weighted by molar-refractivity contribution is 5.46. The Morgan fingerprint density at radius 2 is 2.00 bits per heavy atom. The summed E-state index contributed by atoms with van der Waals surface area (Å²) in [6, 6.07) is 11.1. The fourth-order valence-electron chi connectivity index (χ4n) is 4.72. The molecule has 1 aromatic carbocycles. The minimum absolute atomic E-state index is 0.237. The standard InChI is InChI=1S/C19H24/c1-4-9-17-14(2)16-12-8-13-18(16)19(17,3)15-10-6-5-7-11-15/h4-7,10-11,16,18H,1,8-9,12-13H2,2-3H3/t16-,18-,19+/m0/s1. The molecule has 2 aliphatic rings. The van der Waals surface area contributed by atoms with E-state index in [0.29, 0.717) is 0 Å². The maximum absolute atomic E-state index is 3.98. The maximum atomic E-state index is 3.98. The molecule has 0 saturated heterocycles. The van der Waals surface area contributed by atoms with Gasteiger partial charge in [0.2, 0.25) is 0 Å². The third-order valence-electron chi connectivity index (χ3n) is 5.64. The van der Waals surface area contributed by atoms with Crippen molar-refractivity contribution in [3.8, 4) is 0 Å². The first-order valence-corrected chi connectivity index (χ1v) is 7.56. The lowest BCUT2D eigenvalue weighted by atomic mass is 9.68. The smallest absolute Gasteiger partial charge is 0.0173 e. The molecule has 0 bridgehead atoms. The van der Waals surface area contributed by atoms with Gasteiger partial charge < -0.3 is 0 Å². The van der Waals surface area contributed by atoms with Crippen molar-refractivity contribution in [3.63, 3.8) is 0 Å². The lowest BCUT2D eigenvalue weighted by Crippen LogP contribution is -2.31. The lowest BCUT2D eigenvalue weighted by molar-refractivity contribution is 0.327. The van der Waals surface area contributed by atoms with E-state index in [-0.39, 0.29) is 5.41 Å². The predicted octanol–water partition coefficient (Wildman–Crippen LogP) is 5.27. The molecule has 0 heteroatoms. The Bertz CT molecular complexity index is 508. The van der Waals surface area contributed by atoms with E-state index in [1.807, 2.05) is 0 Å². The molecule has 1 fully saturated rings. The zero-order chi connectivity index (χ0) is 13.5. The number of benzene rings is 1. The Balaban J connectivity index is 2.13. The third kappa shape index (κ3) is 1.73. The Labute approximate surface area is 117 Å². The van der Waals surface area contributed by atoms with Gasteiger partial charge in [-0.15, -0.1) is 6.58 Å².